The van der Waals surface area contributed by atoms with Crippen molar-refractivity contribution in [2.45, 2.75) is 18.2 Å². The van der Waals surface area contributed by atoms with Gasteiger partial charge >= 0.3 is 0 Å². The molecular formula is C12H13NO2S. The Balaban J connectivity index is 2.48. The van der Waals surface area contributed by atoms with Gasteiger partial charge in [0.15, 0.2) is 0 Å². The zero-order valence-corrected chi connectivity index (χ0v) is 9.81. The van der Waals surface area contributed by atoms with Crippen molar-refractivity contribution >= 4 is 14.9 Å². The zero-order chi connectivity index (χ0) is 11.6. The van der Waals surface area contributed by atoms with Gasteiger partial charge in [-0.05, 0) is 18.6 Å². The second kappa shape index (κ2) is 4.22. The molecule has 1 aromatic carbocycles. The van der Waals surface area contributed by atoms with Gasteiger partial charge in [0.25, 0.3) is 0 Å². The first-order chi connectivity index (χ1) is 7.62. The molecule has 84 valence electrons. The van der Waals surface area contributed by atoms with Crippen LogP contribution in [0.1, 0.15) is 13.3 Å². The molecule has 1 atom stereocenters. The van der Waals surface area contributed by atoms with E-state index in [-0.39, 0.29) is 11.0 Å². The van der Waals surface area contributed by atoms with Crippen LogP contribution in [0.2, 0.25) is 0 Å². The van der Waals surface area contributed by atoms with E-state index < -0.39 is 9.84 Å². The highest BCUT2D eigenvalue weighted by Gasteiger charge is 2.27. The Hall–Kier alpha value is -1.42. The van der Waals surface area contributed by atoms with E-state index in [0.29, 0.717) is 4.90 Å². The van der Waals surface area contributed by atoms with Crippen LogP contribution in [0.5, 0.6) is 0 Å². The van der Waals surface area contributed by atoms with Crippen molar-refractivity contribution in [1.29, 1.82) is 0 Å². The number of aliphatic imine (C=N–C) groups is 1. The average molecular weight is 235 g/mol. The van der Waals surface area contributed by atoms with Crippen molar-refractivity contribution < 1.29 is 8.42 Å². The number of hydrogen-bond donors (Lipinski definition) is 0. The van der Waals surface area contributed by atoms with Gasteiger partial charge in [-0.25, -0.2) is 13.4 Å². The molecule has 0 aromatic heterocycles. The summed E-state index contributed by atoms with van der Waals surface area (Å²) in [5.41, 5.74) is 0. The third kappa shape index (κ3) is 1.93. The number of allylic oxidation sites excluding steroid dienone is 1. The maximum absolute atomic E-state index is 12.2. The third-order valence-corrected chi connectivity index (χ3v) is 4.50. The van der Waals surface area contributed by atoms with Crippen molar-refractivity contribution in [3.63, 3.8) is 0 Å². The largest absolute Gasteiger partial charge is 0.249 e. The molecule has 0 aliphatic carbocycles. The van der Waals surface area contributed by atoms with Crippen LogP contribution < -0.4 is 0 Å². The smallest absolute Gasteiger partial charge is 0.220 e. The molecule has 1 aliphatic rings. The summed E-state index contributed by atoms with van der Waals surface area (Å²) < 4.78 is 24.5. The Morgan fingerprint density at radius 2 is 1.94 bits per heavy atom. The summed E-state index contributed by atoms with van der Waals surface area (Å²) in [4.78, 5) is 4.32. The summed E-state index contributed by atoms with van der Waals surface area (Å²) in [6, 6.07) is 8.43. The summed E-state index contributed by atoms with van der Waals surface area (Å²) >= 11 is 0. The summed E-state index contributed by atoms with van der Waals surface area (Å²) in [6.07, 6.45) is 4.18. The lowest BCUT2D eigenvalue weighted by atomic mass is 10.1. The quantitative estimate of drug-likeness (QED) is 0.750. The zero-order valence-electron chi connectivity index (χ0n) is 9.00. The van der Waals surface area contributed by atoms with E-state index in [0.717, 1.165) is 6.42 Å². The van der Waals surface area contributed by atoms with Gasteiger partial charge in [0, 0.05) is 12.1 Å². The van der Waals surface area contributed by atoms with Gasteiger partial charge in [-0.3, -0.25) is 0 Å². The molecule has 0 unspecified atom stereocenters. The summed E-state index contributed by atoms with van der Waals surface area (Å²) in [6.45, 7) is 1.88. The van der Waals surface area contributed by atoms with Crippen LogP contribution in [0.4, 0.5) is 0 Å². The minimum Gasteiger partial charge on any atom is -0.249 e. The van der Waals surface area contributed by atoms with Crippen LogP contribution >= 0.6 is 0 Å². The van der Waals surface area contributed by atoms with Gasteiger partial charge in [-0.2, -0.15) is 0 Å². The normalized spacial score (nSPS) is 20.6. The molecule has 0 saturated carbocycles. The van der Waals surface area contributed by atoms with Gasteiger partial charge in [-0.15, -0.1) is 0 Å². The van der Waals surface area contributed by atoms with Crippen molar-refractivity contribution in [2.75, 3.05) is 0 Å². The standard InChI is InChI=1S/C12H13NO2S/c1-10-6-5-9-13-12(10)16(14,15)11-7-3-2-4-8-11/h2-5,7-10H,6H2,1H3/t10-/m0/s1. The fourth-order valence-electron chi connectivity index (χ4n) is 1.67. The van der Waals surface area contributed by atoms with Gasteiger partial charge in [-0.1, -0.05) is 31.2 Å². The summed E-state index contributed by atoms with van der Waals surface area (Å²) in [7, 11) is -3.41. The van der Waals surface area contributed by atoms with Crippen molar-refractivity contribution in [3.05, 3.63) is 42.6 Å². The highest BCUT2D eigenvalue weighted by Crippen LogP contribution is 2.21. The number of rotatable bonds is 1. The van der Waals surface area contributed by atoms with E-state index in [1.165, 1.54) is 0 Å². The average Bonchev–Trinajstić information content (AvgIpc) is 2.30. The Morgan fingerprint density at radius 1 is 1.25 bits per heavy atom. The molecule has 0 saturated heterocycles. The lowest BCUT2D eigenvalue weighted by Crippen LogP contribution is -2.23. The van der Waals surface area contributed by atoms with E-state index in [4.69, 9.17) is 0 Å². The second-order valence-corrected chi connectivity index (χ2v) is 5.70. The van der Waals surface area contributed by atoms with E-state index >= 15 is 0 Å². The Bertz CT molecular complexity index is 529. The van der Waals surface area contributed by atoms with Crippen molar-refractivity contribution in [3.8, 4) is 0 Å². The van der Waals surface area contributed by atoms with Crippen LogP contribution in [0.25, 0.3) is 0 Å². The number of benzene rings is 1. The van der Waals surface area contributed by atoms with Crippen LogP contribution in [0, 0.1) is 5.92 Å². The molecule has 0 radical (unpaired) electrons. The maximum atomic E-state index is 12.2. The van der Waals surface area contributed by atoms with Crippen LogP contribution in [0.15, 0.2) is 52.5 Å². The minimum absolute atomic E-state index is 0.0461. The maximum Gasteiger partial charge on any atom is 0.220 e. The van der Waals surface area contributed by atoms with Gasteiger partial charge in [0.2, 0.25) is 9.84 Å². The number of hydrogen-bond acceptors (Lipinski definition) is 3. The second-order valence-electron chi connectivity index (χ2n) is 3.81. The molecule has 0 N–H and O–H groups in total. The number of nitrogens with zero attached hydrogens (tertiary/aromatic N) is 1. The van der Waals surface area contributed by atoms with Crippen LogP contribution in [0.3, 0.4) is 0 Å². The monoisotopic (exact) mass is 235 g/mol. The fraction of sp³-hybridized carbons (Fsp3) is 0.250. The van der Waals surface area contributed by atoms with E-state index in [1.807, 2.05) is 13.0 Å². The highest BCUT2D eigenvalue weighted by atomic mass is 32.2. The predicted octanol–water partition coefficient (Wildman–Crippen LogP) is 2.41. The summed E-state index contributed by atoms with van der Waals surface area (Å²) in [5, 5.41) is 0.265. The summed E-state index contributed by atoms with van der Waals surface area (Å²) in [5.74, 6) is -0.0461. The first-order valence-electron chi connectivity index (χ1n) is 5.15. The lowest BCUT2D eigenvalue weighted by Gasteiger charge is -2.15. The third-order valence-electron chi connectivity index (χ3n) is 2.55. The minimum atomic E-state index is -3.41. The van der Waals surface area contributed by atoms with Gasteiger partial charge in [0.05, 0.1) is 4.90 Å². The fourth-order valence-corrected chi connectivity index (χ4v) is 3.26. The van der Waals surface area contributed by atoms with Gasteiger partial charge < -0.3 is 0 Å². The van der Waals surface area contributed by atoms with Crippen molar-refractivity contribution in [2.24, 2.45) is 10.9 Å². The predicted molar refractivity (Wildman–Crippen MR) is 64.0 cm³/mol. The molecule has 0 amide bonds. The SMILES string of the molecule is C[C@H]1CC=CN=C1S(=O)(=O)c1ccccc1. The molecule has 3 nitrogen and oxygen atoms in total. The molecule has 0 spiro atoms. The molecule has 4 heteroatoms. The molecule has 0 fully saturated rings. The van der Waals surface area contributed by atoms with Gasteiger partial charge in [0.1, 0.15) is 5.04 Å². The Morgan fingerprint density at radius 3 is 2.56 bits per heavy atom. The first kappa shape index (κ1) is 11.1. The topological polar surface area (TPSA) is 46.5 Å². The first-order valence-corrected chi connectivity index (χ1v) is 6.63. The lowest BCUT2D eigenvalue weighted by molar-refractivity contribution is 0.603. The molecule has 1 heterocycles. The molecule has 1 aromatic rings. The van der Waals surface area contributed by atoms with Crippen LogP contribution in [-0.2, 0) is 9.84 Å². The number of sulfone groups is 1. The highest BCUT2D eigenvalue weighted by molar-refractivity contribution is 8.06. The Labute approximate surface area is 95.4 Å². The van der Waals surface area contributed by atoms with Crippen LogP contribution in [-0.4, -0.2) is 13.5 Å². The molecular weight excluding hydrogens is 222 g/mol. The molecule has 0 bridgehead atoms. The molecule has 16 heavy (non-hydrogen) atoms. The molecule has 2 rings (SSSR count). The molecule has 1 aliphatic heterocycles. The Kier molecular flexibility index (Phi) is 2.92. The van der Waals surface area contributed by atoms with E-state index in [1.54, 1.807) is 36.5 Å². The van der Waals surface area contributed by atoms with E-state index in [2.05, 4.69) is 4.99 Å². The van der Waals surface area contributed by atoms with Crippen molar-refractivity contribution in [1.82, 2.24) is 0 Å². The van der Waals surface area contributed by atoms with E-state index in [9.17, 15) is 8.42 Å².